The monoisotopic (exact) mass is 349 g/mol. The summed E-state index contributed by atoms with van der Waals surface area (Å²) in [7, 11) is 0. The SMILES string of the molecule is C[C@@H](N)Cc1cc(C#N)c2c(c1)CCN2CCCOCc1ccccc1. The molecule has 3 rings (SSSR count). The van der Waals surface area contributed by atoms with E-state index in [0.717, 1.165) is 50.2 Å². The number of ether oxygens (including phenoxy) is 1. The maximum absolute atomic E-state index is 9.58. The Morgan fingerprint density at radius 3 is 2.77 bits per heavy atom. The third kappa shape index (κ3) is 4.63. The van der Waals surface area contributed by atoms with E-state index in [-0.39, 0.29) is 6.04 Å². The van der Waals surface area contributed by atoms with Crippen LogP contribution in [0.1, 0.15) is 35.6 Å². The molecule has 0 saturated heterocycles. The zero-order valence-corrected chi connectivity index (χ0v) is 15.4. The van der Waals surface area contributed by atoms with Gasteiger partial charge in [-0.2, -0.15) is 5.26 Å². The Labute approximate surface area is 156 Å². The van der Waals surface area contributed by atoms with Gasteiger partial charge in [-0.25, -0.2) is 0 Å². The Morgan fingerprint density at radius 2 is 2.04 bits per heavy atom. The predicted molar refractivity (Wildman–Crippen MR) is 105 cm³/mol. The van der Waals surface area contributed by atoms with Gasteiger partial charge < -0.3 is 15.4 Å². The summed E-state index contributed by atoms with van der Waals surface area (Å²) in [6, 6.07) is 17.0. The first-order valence-corrected chi connectivity index (χ1v) is 9.35. The number of rotatable bonds is 8. The van der Waals surface area contributed by atoms with Crippen molar-refractivity contribution < 1.29 is 4.74 Å². The van der Waals surface area contributed by atoms with E-state index < -0.39 is 0 Å². The van der Waals surface area contributed by atoms with E-state index >= 15 is 0 Å². The number of fused-ring (bicyclic) bond motifs is 1. The van der Waals surface area contributed by atoms with Crippen LogP contribution in [-0.4, -0.2) is 25.7 Å². The molecule has 0 unspecified atom stereocenters. The number of anilines is 1. The molecule has 2 aromatic rings. The van der Waals surface area contributed by atoms with Crippen molar-refractivity contribution in [3.8, 4) is 6.07 Å². The molecule has 0 bridgehead atoms. The summed E-state index contributed by atoms with van der Waals surface area (Å²) < 4.78 is 5.78. The minimum absolute atomic E-state index is 0.110. The lowest BCUT2D eigenvalue weighted by molar-refractivity contribution is 0.119. The third-order valence-electron chi connectivity index (χ3n) is 4.72. The highest BCUT2D eigenvalue weighted by molar-refractivity contribution is 5.68. The highest BCUT2D eigenvalue weighted by Crippen LogP contribution is 2.33. The molecule has 0 amide bonds. The van der Waals surface area contributed by atoms with Gasteiger partial charge in [-0.3, -0.25) is 0 Å². The Kier molecular flexibility index (Phi) is 6.27. The number of benzene rings is 2. The first kappa shape index (κ1) is 18.4. The molecule has 2 aromatic carbocycles. The number of hydrogen-bond donors (Lipinski definition) is 1. The van der Waals surface area contributed by atoms with Gasteiger partial charge in [-0.1, -0.05) is 36.4 Å². The molecule has 2 N–H and O–H groups in total. The maximum Gasteiger partial charge on any atom is 0.101 e. The van der Waals surface area contributed by atoms with Crippen LogP contribution >= 0.6 is 0 Å². The molecule has 4 heteroatoms. The van der Waals surface area contributed by atoms with Gasteiger partial charge in [0, 0.05) is 25.7 Å². The third-order valence-corrected chi connectivity index (χ3v) is 4.72. The summed E-state index contributed by atoms with van der Waals surface area (Å²) in [6.45, 7) is 5.28. The van der Waals surface area contributed by atoms with Gasteiger partial charge in [0.1, 0.15) is 6.07 Å². The van der Waals surface area contributed by atoms with E-state index in [4.69, 9.17) is 10.5 Å². The Bertz CT molecular complexity index is 765. The molecule has 136 valence electrons. The molecular formula is C22H27N3O. The fraction of sp³-hybridized carbons (Fsp3) is 0.409. The summed E-state index contributed by atoms with van der Waals surface area (Å²) in [5, 5.41) is 9.58. The molecule has 4 nitrogen and oxygen atoms in total. The first-order valence-electron chi connectivity index (χ1n) is 9.35. The number of nitrogens with zero attached hydrogens (tertiary/aromatic N) is 2. The second-order valence-electron chi connectivity index (χ2n) is 7.07. The largest absolute Gasteiger partial charge is 0.377 e. The quantitative estimate of drug-likeness (QED) is 0.742. The summed E-state index contributed by atoms with van der Waals surface area (Å²) in [6.07, 6.45) is 2.77. The van der Waals surface area contributed by atoms with Crippen molar-refractivity contribution in [3.63, 3.8) is 0 Å². The molecule has 1 heterocycles. The van der Waals surface area contributed by atoms with Gasteiger partial charge in [0.25, 0.3) is 0 Å². The molecule has 26 heavy (non-hydrogen) atoms. The van der Waals surface area contributed by atoms with E-state index in [2.05, 4.69) is 29.2 Å². The van der Waals surface area contributed by atoms with Crippen molar-refractivity contribution in [2.45, 2.75) is 38.8 Å². The van der Waals surface area contributed by atoms with Crippen molar-refractivity contribution in [2.24, 2.45) is 5.73 Å². The summed E-state index contributed by atoms with van der Waals surface area (Å²) in [5.41, 5.74) is 11.5. The van der Waals surface area contributed by atoms with Gasteiger partial charge in [0.2, 0.25) is 0 Å². The van der Waals surface area contributed by atoms with E-state index in [1.165, 1.54) is 16.7 Å². The summed E-state index contributed by atoms with van der Waals surface area (Å²) in [4.78, 5) is 2.33. The summed E-state index contributed by atoms with van der Waals surface area (Å²) in [5.74, 6) is 0. The lowest BCUT2D eigenvalue weighted by atomic mass is 9.99. The zero-order chi connectivity index (χ0) is 18.4. The van der Waals surface area contributed by atoms with Crippen LogP contribution < -0.4 is 10.6 Å². The van der Waals surface area contributed by atoms with Crippen molar-refractivity contribution in [2.75, 3.05) is 24.6 Å². The second kappa shape index (κ2) is 8.84. The molecule has 0 aliphatic carbocycles. The predicted octanol–water partition coefficient (Wildman–Crippen LogP) is 3.42. The molecule has 1 atom stereocenters. The van der Waals surface area contributed by atoms with Gasteiger partial charge in [0.15, 0.2) is 0 Å². The van der Waals surface area contributed by atoms with Gasteiger partial charge in [-0.15, -0.1) is 0 Å². The first-order chi connectivity index (χ1) is 12.7. The fourth-order valence-corrected chi connectivity index (χ4v) is 3.61. The highest BCUT2D eigenvalue weighted by atomic mass is 16.5. The Hall–Kier alpha value is -2.35. The smallest absolute Gasteiger partial charge is 0.101 e. The molecule has 0 fully saturated rings. The zero-order valence-electron chi connectivity index (χ0n) is 15.4. The molecule has 0 saturated carbocycles. The van der Waals surface area contributed by atoms with E-state index in [9.17, 15) is 5.26 Å². The number of hydrogen-bond acceptors (Lipinski definition) is 4. The second-order valence-corrected chi connectivity index (χ2v) is 7.07. The molecular weight excluding hydrogens is 322 g/mol. The van der Waals surface area contributed by atoms with Crippen LogP contribution in [0, 0.1) is 11.3 Å². The molecule has 1 aliphatic rings. The Balaban J connectivity index is 1.55. The van der Waals surface area contributed by atoms with Crippen LogP contribution in [0.4, 0.5) is 5.69 Å². The van der Waals surface area contributed by atoms with Crippen LogP contribution in [0.5, 0.6) is 0 Å². The fourth-order valence-electron chi connectivity index (χ4n) is 3.61. The topological polar surface area (TPSA) is 62.3 Å². The van der Waals surface area contributed by atoms with Crippen LogP contribution in [0.3, 0.4) is 0 Å². The Morgan fingerprint density at radius 1 is 1.23 bits per heavy atom. The lowest BCUT2D eigenvalue weighted by Crippen LogP contribution is -2.23. The molecule has 0 aromatic heterocycles. The molecule has 0 radical (unpaired) electrons. The minimum atomic E-state index is 0.110. The average Bonchev–Trinajstić information content (AvgIpc) is 3.04. The van der Waals surface area contributed by atoms with Crippen LogP contribution in [0.15, 0.2) is 42.5 Å². The standard InChI is InChI=1S/C22H27N3O/c1-17(24)12-19-13-20-8-10-25(22(20)21(14-19)15-23)9-5-11-26-16-18-6-3-2-4-7-18/h2-4,6-7,13-14,17H,5,8-12,16,24H2,1H3/t17-/m1/s1. The minimum Gasteiger partial charge on any atom is -0.377 e. The lowest BCUT2D eigenvalue weighted by Gasteiger charge is -2.21. The summed E-state index contributed by atoms with van der Waals surface area (Å²) >= 11 is 0. The molecule has 0 spiro atoms. The molecule has 1 aliphatic heterocycles. The maximum atomic E-state index is 9.58. The van der Waals surface area contributed by atoms with Crippen molar-refractivity contribution >= 4 is 5.69 Å². The van der Waals surface area contributed by atoms with Crippen LogP contribution in [0.25, 0.3) is 0 Å². The van der Waals surface area contributed by atoms with E-state index in [1.807, 2.05) is 31.2 Å². The average molecular weight is 349 g/mol. The van der Waals surface area contributed by atoms with Gasteiger partial charge >= 0.3 is 0 Å². The van der Waals surface area contributed by atoms with Crippen molar-refractivity contribution in [3.05, 3.63) is 64.7 Å². The van der Waals surface area contributed by atoms with Crippen LogP contribution in [0.2, 0.25) is 0 Å². The van der Waals surface area contributed by atoms with Gasteiger partial charge in [-0.05, 0) is 48.9 Å². The van der Waals surface area contributed by atoms with Gasteiger partial charge in [0.05, 0.1) is 17.9 Å². The van der Waals surface area contributed by atoms with Crippen molar-refractivity contribution in [1.82, 2.24) is 0 Å². The number of nitrogens with two attached hydrogens (primary N) is 1. The normalized spacial score (nSPS) is 14.1. The van der Waals surface area contributed by atoms with Crippen molar-refractivity contribution in [1.29, 1.82) is 5.26 Å². The van der Waals surface area contributed by atoms with E-state index in [0.29, 0.717) is 6.61 Å². The van der Waals surface area contributed by atoms with Crippen LogP contribution in [-0.2, 0) is 24.2 Å². The van der Waals surface area contributed by atoms with E-state index in [1.54, 1.807) is 0 Å². The highest BCUT2D eigenvalue weighted by Gasteiger charge is 2.23. The number of nitriles is 1.